The summed E-state index contributed by atoms with van der Waals surface area (Å²) in [5, 5.41) is 0. The van der Waals surface area contributed by atoms with E-state index >= 15 is 0 Å². The number of anilines is 2. The average molecular weight is 662 g/mol. The first kappa shape index (κ1) is 28.0. The summed E-state index contributed by atoms with van der Waals surface area (Å²) in [5.74, 6) is -2.71. The van der Waals surface area contributed by atoms with Crippen LogP contribution < -0.4 is 9.80 Å². The van der Waals surface area contributed by atoms with Crippen LogP contribution in [-0.4, -0.2) is 38.2 Å². The predicted molar refractivity (Wildman–Crippen MR) is 126 cm³/mol. The predicted octanol–water partition coefficient (Wildman–Crippen LogP) is 5.78. The summed E-state index contributed by atoms with van der Waals surface area (Å²) in [4.78, 5) is 11.9. The molecule has 2 aromatic carbocycles. The van der Waals surface area contributed by atoms with Crippen molar-refractivity contribution in [2.24, 2.45) is 0 Å². The quantitative estimate of drug-likeness (QED) is 0.205. The zero-order valence-corrected chi connectivity index (χ0v) is 21.7. The summed E-state index contributed by atoms with van der Waals surface area (Å²) < 4.78 is 52.2. The van der Waals surface area contributed by atoms with Crippen molar-refractivity contribution in [3.63, 3.8) is 0 Å². The van der Waals surface area contributed by atoms with Gasteiger partial charge in [-0.25, -0.2) is 17.6 Å². The van der Waals surface area contributed by atoms with Crippen LogP contribution in [-0.2, 0) is 21.1 Å². The van der Waals surface area contributed by atoms with Gasteiger partial charge in [-0.15, -0.1) is 35.4 Å². The Morgan fingerprint density at radius 3 is 1.29 bits per heavy atom. The van der Waals surface area contributed by atoms with E-state index in [4.69, 9.17) is 0 Å². The van der Waals surface area contributed by atoms with Crippen LogP contribution >= 0.6 is 0 Å². The van der Waals surface area contributed by atoms with Crippen LogP contribution in [0.3, 0.4) is 0 Å². The van der Waals surface area contributed by atoms with Crippen LogP contribution in [0.1, 0.15) is 0 Å². The van der Waals surface area contributed by atoms with Gasteiger partial charge in [0.05, 0.1) is 0 Å². The first-order chi connectivity index (χ1) is 16.1. The second kappa shape index (κ2) is 12.5. The van der Waals surface area contributed by atoms with Gasteiger partial charge in [0, 0.05) is 75.2 Å². The van der Waals surface area contributed by atoms with Gasteiger partial charge < -0.3 is 19.8 Å². The summed E-state index contributed by atoms with van der Waals surface area (Å²) in [6.07, 6.45) is 3.20. The normalized spacial score (nSPS) is 10.1. The Morgan fingerprint density at radius 1 is 0.600 bits per heavy atom. The zero-order valence-electron chi connectivity index (χ0n) is 19.4. The van der Waals surface area contributed by atoms with Gasteiger partial charge in [-0.2, -0.15) is 0 Å². The number of hydrogen-bond donors (Lipinski definition) is 0. The number of pyridine rings is 2. The van der Waals surface area contributed by atoms with Crippen molar-refractivity contribution in [1.29, 1.82) is 0 Å². The average Bonchev–Trinajstić information content (AvgIpc) is 2.78. The van der Waals surface area contributed by atoms with Gasteiger partial charge in [0.25, 0.3) is 0 Å². The van der Waals surface area contributed by atoms with E-state index in [-0.39, 0.29) is 21.1 Å². The Kier molecular flexibility index (Phi) is 9.96. The van der Waals surface area contributed by atoms with E-state index in [1.165, 1.54) is 12.1 Å². The van der Waals surface area contributed by atoms with Gasteiger partial charge in [0.1, 0.15) is 0 Å². The van der Waals surface area contributed by atoms with E-state index in [9.17, 15) is 17.6 Å². The number of aromatic nitrogens is 2. The number of nitrogens with zero attached hydrogens (tertiary/aromatic N) is 4. The van der Waals surface area contributed by atoms with E-state index in [1.54, 1.807) is 24.5 Å². The number of halogens is 4. The smallest absolute Gasteiger partial charge is 0.378 e. The number of hydrogen-bond acceptors (Lipinski definition) is 4. The molecule has 0 radical (unpaired) electrons. The van der Waals surface area contributed by atoms with Gasteiger partial charge >= 0.3 is 21.1 Å². The first-order valence-corrected chi connectivity index (χ1v) is 10.2. The van der Waals surface area contributed by atoms with Crippen LogP contribution in [0.25, 0.3) is 22.5 Å². The molecule has 0 saturated heterocycles. The molecule has 9 heteroatoms. The molecule has 0 atom stereocenters. The van der Waals surface area contributed by atoms with Crippen LogP contribution in [0.5, 0.6) is 0 Å². The summed E-state index contributed by atoms with van der Waals surface area (Å²) in [6, 6.07) is 16.0. The van der Waals surface area contributed by atoms with Crippen molar-refractivity contribution >= 4 is 11.4 Å². The van der Waals surface area contributed by atoms with E-state index in [0.29, 0.717) is 22.5 Å². The molecule has 2 aromatic heterocycles. The molecule has 0 N–H and O–H groups in total. The zero-order chi connectivity index (χ0) is 24.8. The summed E-state index contributed by atoms with van der Waals surface area (Å²) in [6.45, 7) is 0. The maximum Gasteiger partial charge on any atom is 2.00 e. The third kappa shape index (κ3) is 7.89. The Balaban J connectivity index is 0.000000240. The molecule has 0 aliphatic heterocycles. The molecule has 4 aromatic rings. The van der Waals surface area contributed by atoms with Crippen molar-refractivity contribution in [1.82, 2.24) is 9.97 Å². The van der Waals surface area contributed by atoms with Crippen molar-refractivity contribution in [2.45, 2.75) is 0 Å². The van der Waals surface area contributed by atoms with Gasteiger partial charge in [-0.1, -0.05) is 24.3 Å². The van der Waals surface area contributed by atoms with Crippen LogP contribution in [0.2, 0.25) is 0 Å². The Hall–Kier alpha value is -3.25. The van der Waals surface area contributed by atoms with E-state index in [1.807, 2.05) is 50.1 Å². The summed E-state index contributed by atoms with van der Waals surface area (Å²) in [5.41, 5.74) is 3.43. The molecule has 4 nitrogen and oxygen atoms in total. The van der Waals surface area contributed by atoms with Crippen molar-refractivity contribution < 1.29 is 38.6 Å². The molecule has 0 spiro atoms. The van der Waals surface area contributed by atoms with Crippen molar-refractivity contribution in [2.75, 3.05) is 38.0 Å². The second-order valence-corrected chi connectivity index (χ2v) is 7.71. The summed E-state index contributed by atoms with van der Waals surface area (Å²) >= 11 is 0. The SMILES string of the molecule is CN(C)c1ccnc(-c2[c-]c(F)cc(F)c2)c1.CN(C)c1ccnc(-c2[c-]c(F)cc(F)c2)c1.[Pt+2]. The summed E-state index contributed by atoms with van der Waals surface area (Å²) in [7, 11) is 7.54. The third-order valence-corrected chi connectivity index (χ3v) is 4.67. The number of benzene rings is 2. The third-order valence-electron chi connectivity index (χ3n) is 4.67. The molecule has 0 bridgehead atoms. The molecular formula is C26H22F4N4Pt. The molecule has 2 heterocycles. The molecule has 0 fully saturated rings. The Morgan fingerprint density at radius 2 is 0.971 bits per heavy atom. The fourth-order valence-electron chi connectivity index (χ4n) is 2.97. The largest absolute Gasteiger partial charge is 2.00 e. The molecule has 0 aliphatic rings. The van der Waals surface area contributed by atoms with Gasteiger partial charge in [0.2, 0.25) is 0 Å². The topological polar surface area (TPSA) is 32.3 Å². The first-order valence-electron chi connectivity index (χ1n) is 10.2. The standard InChI is InChI=1S/2C13H11F2N2.Pt/c2*1-17(2)12-3-4-16-13(8-12)9-5-10(14)7-11(15)6-9;/h2*3-5,7-8H,1-2H3;/q2*-1;+2. The Bertz CT molecular complexity index is 1140. The van der Waals surface area contributed by atoms with E-state index < -0.39 is 23.3 Å². The fraction of sp³-hybridized carbons (Fsp3) is 0.154. The minimum atomic E-state index is -0.725. The maximum absolute atomic E-state index is 13.1. The van der Waals surface area contributed by atoms with Gasteiger partial charge in [-0.3, -0.25) is 0 Å². The van der Waals surface area contributed by atoms with Crippen LogP contribution in [0, 0.1) is 35.4 Å². The molecule has 0 amide bonds. The minimum Gasteiger partial charge on any atom is -0.378 e. The van der Waals surface area contributed by atoms with Gasteiger partial charge in [0.15, 0.2) is 0 Å². The molecule has 4 rings (SSSR count). The van der Waals surface area contributed by atoms with Crippen LogP contribution in [0.4, 0.5) is 28.9 Å². The minimum absolute atomic E-state index is 0. The van der Waals surface area contributed by atoms with Gasteiger partial charge in [-0.05, 0) is 23.5 Å². The molecule has 0 aliphatic carbocycles. The maximum atomic E-state index is 13.1. The van der Waals surface area contributed by atoms with Crippen molar-refractivity contribution in [3.05, 3.63) is 96.3 Å². The molecular weight excluding hydrogens is 639 g/mol. The van der Waals surface area contributed by atoms with E-state index in [2.05, 4.69) is 22.1 Å². The molecule has 0 saturated carbocycles. The fourth-order valence-corrected chi connectivity index (χ4v) is 2.97. The molecule has 184 valence electrons. The Labute approximate surface area is 216 Å². The van der Waals surface area contributed by atoms with Crippen molar-refractivity contribution in [3.8, 4) is 22.5 Å². The van der Waals surface area contributed by atoms with E-state index in [0.717, 1.165) is 23.5 Å². The number of rotatable bonds is 4. The second-order valence-electron chi connectivity index (χ2n) is 7.71. The monoisotopic (exact) mass is 661 g/mol. The van der Waals surface area contributed by atoms with Crippen LogP contribution in [0.15, 0.2) is 60.9 Å². The molecule has 0 unspecified atom stereocenters. The molecule has 35 heavy (non-hydrogen) atoms.